The third-order valence-corrected chi connectivity index (χ3v) is 5.05. The molecule has 0 amide bonds. The molecule has 0 aliphatic heterocycles. The monoisotopic (exact) mass is 398 g/mol. The van der Waals surface area contributed by atoms with Gasteiger partial charge in [0.05, 0.1) is 10.6 Å². The van der Waals surface area contributed by atoms with Crippen LogP contribution in [0.3, 0.4) is 0 Å². The molecule has 0 aliphatic rings. The second-order valence-corrected chi connectivity index (χ2v) is 6.97. The minimum atomic E-state index is 0.443. The number of nitrogens with one attached hydrogen (secondary N) is 1. The first-order chi connectivity index (χ1) is 13.5. The summed E-state index contributed by atoms with van der Waals surface area (Å²) >= 11 is 6.51. The van der Waals surface area contributed by atoms with E-state index in [4.69, 9.17) is 20.8 Å². The van der Waals surface area contributed by atoms with Gasteiger partial charge in [0.1, 0.15) is 24.3 Å². The lowest BCUT2D eigenvalue weighted by Crippen LogP contribution is -2.17. The van der Waals surface area contributed by atoms with Crippen molar-refractivity contribution in [3.63, 3.8) is 0 Å². The molecule has 1 N–H and O–H groups in total. The highest BCUT2D eigenvalue weighted by molar-refractivity contribution is 6.33. The topological polar surface area (TPSA) is 64.4 Å². The summed E-state index contributed by atoms with van der Waals surface area (Å²) in [6, 6.07) is 9.98. The number of hydrogen-bond donors (Lipinski definition) is 1. The van der Waals surface area contributed by atoms with Gasteiger partial charge in [-0.25, -0.2) is 4.98 Å². The minimum Gasteiger partial charge on any atom is -0.490 e. The first-order valence-corrected chi connectivity index (χ1v) is 9.47. The fraction of sp³-hybridized carbons (Fsp3) is 0.273. The third kappa shape index (κ3) is 4.43. The molecule has 1 heterocycles. The summed E-state index contributed by atoms with van der Waals surface area (Å²) in [5.74, 6) is 1.09. The van der Waals surface area contributed by atoms with E-state index in [-0.39, 0.29) is 0 Å². The van der Waals surface area contributed by atoms with E-state index in [0.717, 1.165) is 34.2 Å². The van der Waals surface area contributed by atoms with Crippen LogP contribution < -0.4 is 10.1 Å². The van der Waals surface area contributed by atoms with Crippen molar-refractivity contribution in [2.45, 2.75) is 20.3 Å². The third-order valence-electron chi connectivity index (χ3n) is 4.59. The van der Waals surface area contributed by atoms with Crippen molar-refractivity contribution in [1.82, 2.24) is 10.3 Å². The lowest BCUT2D eigenvalue weighted by atomic mass is 9.97. The van der Waals surface area contributed by atoms with Crippen molar-refractivity contribution < 1.29 is 13.9 Å². The molecule has 0 fully saturated rings. The number of halogens is 1. The van der Waals surface area contributed by atoms with Gasteiger partial charge < -0.3 is 14.5 Å². The summed E-state index contributed by atoms with van der Waals surface area (Å²) in [4.78, 5) is 15.9. The highest BCUT2D eigenvalue weighted by Crippen LogP contribution is 2.34. The van der Waals surface area contributed by atoms with Gasteiger partial charge in [0.15, 0.2) is 12.2 Å². The minimum absolute atomic E-state index is 0.443. The standard InChI is InChI=1S/C22H23ClN2O3/c1-14-18(11-19(12-26)22(21(14)23)27-9-8-24-3)10-16-4-6-17(7-5-16)20-13-28-15(2)25-20/h4-7,11-13,24H,8-10H2,1-3H3. The Kier molecular flexibility index (Phi) is 6.49. The molecule has 0 atom stereocenters. The number of likely N-dealkylation sites (N-methyl/N-ethyl adjacent to an activating group) is 1. The van der Waals surface area contributed by atoms with Crippen LogP contribution in [0.4, 0.5) is 0 Å². The van der Waals surface area contributed by atoms with Gasteiger partial charge in [-0.1, -0.05) is 35.9 Å². The smallest absolute Gasteiger partial charge is 0.191 e. The van der Waals surface area contributed by atoms with Crippen LogP contribution in [0, 0.1) is 13.8 Å². The predicted octanol–water partition coefficient (Wildman–Crippen LogP) is 4.61. The van der Waals surface area contributed by atoms with E-state index in [1.165, 1.54) is 0 Å². The van der Waals surface area contributed by atoms with Gasteiger partial charge in [0, 0.05) is 19.0 Å². The number of hydrogen-bond acceptors (Lipinski definition) is 5. The zero-order valence-corrected chi connectivity index (χ0v) is 17.0. The Morgan fingerprint density at radius 3 is 2.61 bits per heavy atom. The second kappa shape index (κ2) is 9.04. The Bertz CT molecular complexity index is 965. The molecule has 0 unspecified atom stereocenters. The van der Waals surface area contributed by atoms with Gasteiger partial charge in [-0.2, -0.15) is 0 Å². The maximum Gasteiger partial charge on any atom is 0.191 e. The molecule has 0 saturated heterocycles. The Labute approximate surface area is 169 Å². The van der Waals surface area contributed by atoms with Gasteiger partial charge in [0.2, 0.25) is 0 Å². The van der Waals surface area contributed by atoms with Crippen LogP contribution in [0.25, 0.3) is 11.3 Å². The van der Waals surface area contributed by atoms with Gasteiger partial charge in [-0.3, -0.25) is 4.79 Å². The molecule has 0 radical (unpaired) electrons. The molecule has 28 heavy (non-hydrogen) atoms. The molecule has 6 heteroatoms. The maximum absolute atomic E-state index is 11.6. The zero-order chi connectivity index (χ0) is 20.1. The molecule has 0 aliphatic carbocycles. The molecule has 3 aromatic rings. The molecule has 0 spiro atoms. The number of ether oxygens (including phenoxy) is 1. The Morgan fingerprint density at radius 1 is 1.25 bits per heavy atom. The average molecular weight is 399 g/mol. The Morgan fingerprint density at radius 2 is 2.00 bits per heavy atom. The van der Waals surface area contributed by atoms with Crippen LogP contribution in [0.2, 0.25) is 5.02 Å². The number of benzene rings is 2. The number of carbonyl (C=O) groups excluding carboxylic acids is 1. The number of nitrogens with zero attached hydrogens (tertiary/aromatic N) is 1. The van der Waals surface area contributed by atoms with Crippen molar-refractivity contribution in [3.8, 4) is 17.0 Å². The van der Waals surface area contributed by atoms with Gasteiger partial charge >= 0.3 is 0 Å². The highest BCUT2D eigenvalue weighted by Gasteiger charge is 2.16. The predicted molar refractivity (Wildman–Crippen MR) is 110 cm³/mol. The van der Waals surface area contributed by atoms with E-state index in [1.54, 1.807) is 6.26 Å². The van der Waals surface area contributed by atoms with E-state index in [9.17, 15) is 4.79 Å². The van der Waals surface area contributed by atoms with Crippen molar-refractivity contribution >= 4 is 17.9 Å². The van der Waals surface area contributed by atoms with Crippen LogP contribution in [0.1, 0.15) is 32.9 Å². The van der Waals surface area contributed by atoms with Gasteiger partial charge in [-0.15, -0.1) is 0 Å². The molecule has 3 rings (SSSR count). The van der Waals surface area contributed by atoms with E-state index in [0.29, 0.717) is 41.8 Å². The number of aldehydes is 1. The zero-order valence-electron chi connectivity index (χ0n) is 16.2. The number of rotatable bonds is 8. The highest BCUT2D eigenvalue weighted by atomic mass is 35.5. The summed E-state index contributed by atoms with van der Waals surface area (Å²) in [7, 11) is 1.84. The van der Waals surface area contributed by atoms with Crippen molar-refractivity contribution in [3.05, 3.63) is 69.8 Å². The van der Waals surface area contributed by atoms with Crippen molar-refractivity contribution in [2.24, 2.45) is 0 Å². The SMILES string of the molecule is CNCCOc1c(C=O)cc(Cc2ccc(-c3coc(C)n3)cc2)c(C)c1Cl. The van der Waals surface area contributed by atoms with E-state index in [2.05, 4.69) is 10.3 Å². The largest absolute Gasteiger partial charge is 0.490 e. The summed E-state index contributed by atoms with van der Waals surface area (Å²) in [5.41, 5.74) is 5.31. The number of aryl methyl sites for hydroxylation is 1. The van der Waals surface area contributed by atoms with Crippen LogP contribution >= 0.6 is 11.6 Å². The fourth-order valence-electron chi connectivity index (χ4n) is 2.98. The van der Waals surface area contributed by atoms with E-state index >= 15 is 0 Å². The number of carbonyl (C=O) groups is 1. The number of oxazole rings is 1. The second-order valence-electron chi connectivity index (χ2n) is 6.59. The fourth-order valence-corrected chi connectivity index (χ4v) is 3.27. The number of aromatic nitrogens is 1. The van der Waals surface area contributed by atoms with E-state index in [1.807, 2.05) is 51.2 Å². The van der Waals surface area contributed by atoms with Crippen LogP contribution in [-0.4, -0.2) is 31.5 Å². The Hall–Kier alpha value is -2.63. The molecular formula is C22H23ClN2O3. The van der Waals surface area contributed by atoms with Gasteiger partial charge in [-0.05, 0) is 43.1 Å². The first kappa shape index (κ1) is 20.1. The molecule has 146 valence electrons. The Balaban J connectivity index is 1.83. The summed E-state index contributed by atoms with van der Waals surface area (Å²) in [6.45, 7) is 4.89. The lowest BCUT2D eigenvalue weighted by molar-refractivity contribution is 0.111. The van der Waals surface area contributed by atoms with Gasteiger partial charge in [0.25, 0.3) is 0 Å². The summed E-state index contributed by atoms with van der Waals surface area (Å²) in [5, 5.41) is 3.50. The molecule has 0 saturated carbocycles. The van der Waals surface area contributed by atoms with Crippen molar-refractivity contribution in [1.29, 1.82) is 0 Å². The lowest BCUT2D eigenvalue weighted by Gasteiger charge is -2.16. The van der Waals surface area contributed by atoms with Crippen molar-refractivity contribution in [2.75, 3.05) is 20.2 Å². The quantitative estimate of drug-likeness (QED) is 0.443. The van der Waals surface area contributed by atoms with Crippen LogP contribution in [0.5, 0.6) is 5.75 Å². The average Bonchev–Trinajstić information content (AvgIpc) is 3.14. The summed E-state index contributed by atoms with van der Waals surface area (Å²) < 4.78 is 11.0. The maximum atomic E-state index is 11.6. The molecule has 1 aromatic heterocycles. The normalized spacial score (nSPS) is 10.9. The van der Waals surface area contributed by atoms with Crippen LogP contribution in [0.15, 0.2) is 41.0 Å². The molecule has 2 aromatic carbocycles. The summed E-state index contributed by atoms with van der Waals surface area (Å²) in [6.07, 6.45) is 3.11. The molecule has 0 bridgehead atoms. The molecular weight excluding hydrogens is 376 g/mol. The first-order valence-electron chi connectivity index (χ1n) is 9.09. The van der Waals surface area contributed by atoms with Crippen LogP contribution in [-0.2, 0) is 6.42 Å². The molecule has 5 nitrogen and oxygen atoms in total. The van der Waals surface area contributed by atoms with E-state index < -0.39 is 0 Å².